The van der Waals surface area contributed by atoms with Crippen LogP contribution in [-0.4, -0.2) is 19.2 Å². The number of hydrogen-bond acceptors (Lipinski definition) is 2. The van der Waals surface area contributed by atoms with E-state index in [0.29, 0.717) is 18.2 Å². The summed E-state index contributed by atoms with van der Waals surface area (Å²) in [5, 5.41) is 6.20. The first-order valence-electron chi connectivity index (χ1n) is 7.47. The summed E-state index contributed by atoms with van der Waals surface area (Å²) in [6.07, 6.45) is 0. The summed E-state index contributed by atoms with van der Waals surface area (Å²) in [6.45, 7) is 6.83. The van der Waals surface area contributed by atoms with Crippen molar-refractivity contribution in [1.82, 2.24) is 5.32 Å². The summed E-state index contributed by atoms with van der Waals surface area (Å²) in [5.41, 5.74) is 4.07. The van der Waals surface area contributed by atoms with Gasteiger partial charge in [-0.2, -0.15) is 0 Å². The van der Waals surface area contributed by atoms with Crippen LogP contribution in [0.1, 0.15) is 16.7 Å². The predicted octanol–water partition coefficient (Wildman–Crippen LogP) is 4.47. The number of urea groups is 1. The number of anilines is 1. The molecule has 0 aromatic heterocycles. The van der Waals surface area contributed by atoms with E-state index < -0.39 is 0 Å². The minimum atomic E-state index is -0.265. The third kappa shape index (κ3) is 5.18. The Morgan fingerprint density at radius 3 is 2.52 bits per heavy atom. The van der Waals surface area contributed by atoms with Crippen molar-refractivity contribution in [1.29, 1.82) is 0 Å². The molecule has 2 N–H and O–H groups in total. The van der Waals surface area contributed by atoms with Crippen LogP contribution in [0.4, 0.5) is 10.5 Å². The fourth-order valence-electron chi connectivity index (χ4n) is 2.07. The second-order valence-electron chi connectivity index (χ2n) is 5.43. The molecule has 0 saturated carbocycles. The van der Waals surface area contributed by atoms with Gasteiger partial charge in [-0.05, 0) is 67.8 Å². The van der Waals surface area contributed by atoms with Crippen molar-refractivity contribution < 1.29 is 9.53 Å². The number of carbonyl (C=O) groups excluding carboxylic acids is 1. The van der Waals surface area contributed by atoms with Gasteiger partial charge in [0, 0.05) is 10.7 Å². The van der Waals surface area contributed by atoms with Crippen molar-refractivity contribution in [3.63, 3.8) is 0 Å². The van der Waals surface area contributed by atoms with Gasteiger partial charge in [0.1, 0.15) is 12.4 Å². The molecular weight excluding hydrogens is 312 g/mol. The number of carbonyl (C=O) groups is 1. The molecule has 5 heteroatoms. The molecule has 2 aromatic carbocycles. The van der Waals surface area contributed by atoms with Crippen LogP contribution in [0.3, 0.4) is 0 Å². The molecule has 2 rings (SSSR count). The maximum Gasteiger partial charge on any atom is 0.319 e. The zero-order valence-corrected chi connectivity index (χ0v) is 14.3. The topological polar surface area (TPSA) is 50.4 Å². The Hall–Kier alpha value is -2.20. The maximum atomic E-state index is 11.8. The average Bonchev–Trinajstić information content (AvgIpc) is 2.50. The van der Waals surface area contributed by atoms with Gasteiger partial charge in [-0.15, -0.1) is 0 Å². The number of amides is 2. The Bertz CT molecular complexity index is 701. The molecule has 0 radical (unpaired) electrons. The molecule has 2 aromatic rings. The lowest BCUT2D eigenvalue weighted by atomic mass is 10.1. The highest BCUT2D eigenvalue weighted by atomic mass is 35.5. The molecule has 122 valence electrons. The van der Waals surface area contributed by atoms with E-state index in [1.165, 1.54) is 11.1 Å². The molecule has 0 aliphatic rings. The Morgan fingerprint density at radius 2 is 1.83 bits per heavy atom. The zero-order valence-electron chi connectivity index (χ0n) is 13.6. The Morgan fingerprint density at radius 1 is 1.04 bits per heavy atom. The van der Waals surface area contributed by atoms with Gasteiger partial charge < -0.3 is 15.4 Å². The van der Waals surface area contributed by atoms with E-state index in [0.717, 1.165) is 17.0 Å². The standard InChI is InChI=1S/C18H21ClN2O2/c1-12-4-6-16(11-13(12)2)23-9-8-20-18(22)21-17-7-5-15(19)10-14(17)3/h4-7,10-11H,8-9H2,1-3H3,(H2,20,21,22). The Kier molecular flexibility index (Phi) is 5.88. The van der Waals surface area contributed by atoms with Gasteiger partial charge in [-0.3, -0.25) is 0 Å². The number of nitrogens with one attached hydrogen (secondary N) is 2. The van der Waals surface area contributed by atoms with E-state index in [1.54, 1.807) is 18.2 Å². The Labute approximate surface area is 141 Å². The van der Waals surface area contributed by atoms with E-state index in [4.69, 9.17) is 16.3 Å². The van der Waals surface area contributed by atoms with Crippen molar-refractivity contribution in [2.75, 3.05) is 18.5 Å². The van der Waals surface area contributed by atoms with E-state index >= 15 is 0 Å². The molecule has 4 nitrogen and oxygen atoms in total. The minimum absolute atomic E-state index is 0.265. The fraction of sp³-hybridized carbons (Fsp3) is 0.278. The lowest BCUT2D eigenvalue weighted by molar-refractivity contribution is 0.247. The van der Waals surface area contributed by atoms with Crippen LogP contribution in [0.25, 0.3) is 0 Å². The molecule has 2 amide bonds. The number of ether oxygens (including phenoxy) is 1. The molecule has 0 aliphatic heterocycles. The summed E-state index contributed by atoms with van der Waals surface area (Å²) in [4.78, 5) is 11.8. The lowest BCUT2D eigenvalue weighted by Gasteiger charge is -2.11. The summed E-state index contributed by atoms with van der Waals surface area (Å²) >= 11 is 5.89. The second-order valence-corrected chi connectivity index (χ2v) is 5.87. The highest BCUT2D eigenvalue weighted by Crippen LogP contribution is 2.19. The van der Waals surface area contributed by atoms with E-state index in [-0.39, 0.29) is 6.03 Å². The lowest BCUT2D eigenvalue weighted by Crippen LogP contribution is -2.32. The van der Waals surface area contributed by atoms with Crippen molar-refractivity contribution >= 4 is 23.3 Å². The zero-order chi connectivity index (χ0) is 16.8. The third-order valence-corrected chi connectivity index (χ3v) is 3.81. The van der Waals surface area contributed by atoms with Gasteiger partial charge in [0.25, 0.3) is 0 Å². The summed E-state index contributed by atoms with van der Waals surface area (Å²) in [5.74, 6) is 0.809. The number of hydrogen-bond donors (Lipinski definition) is 2. The molecule has 0 aliphatic carbocycles. The number of rotatable bonds is 5. The van der Waals surface area contributed by atoms with E-state index in [2.05, 4.69) is 17.6 Å². The van der Waals surface area contributed by atoms with Gasteiger partial charge in [0.2, 0.25) is 0 Å². The SMILES string of the molecule is Cc1ccc(OCCNC(=O)Nc2ccc(Cl)cc2C)cc1C. The van der Waals surface area contributed by atoms with Crippen molar-refractivity contribution in [3.05, 3.63) is 58.1 Å². The molecule has 0 atom stereocenters. The van der Waals surface area contributed by atoms with Gasteiger partial charge in [0.15, 0.2) is 0 Å². The monoisotopic (exact) mass is 332 g/mol. The maximum absolute atomic E-state index is 11.8. The van der Waals surface area contributed by atoms with Crippen LogP contribution < -0.4 is 15.4 Å². The number of halogens is 1. The van der Waals surface area contributed by atoms with Crippen LogP contribution in [0.5, 0.6) is 5.75 Å². The van der Waals surface area contributed by atoms with Crippen LogP contribution in [0.2, 0.25) is 5.02 Å². The molecule has 0 spiro atoms. The summed E-state index contributed by atoms with van der Waals surface area (Å²) in [7, 11) is 0. The van der Waals surface area contributed by atoms with E-state index in [1.807, 2.05) is 32.0 Å². The normalized spacial score (nSPS) is 10.3. The Balaban J connectivity index is 1.75. The quantitative estimate of drug-likeness (QED) is 0.794. The molecule has 0 heterocycles. The number of benzene rings is 2. The highest BCUT2D eigenvalue weighted by molar-refractivity contribution is 6.30. The fourth-order valence-corrected chi connectivity index (χ4v) is 2.30. The first-order valence-corrected chi connectivity index (χ1v) is 7.84. The molecular formula is C18H21ClN2O2. The van der Waals surface area contributed by atoms with Crippen LogP contribution >= 0.6 is 11.6 Å². The molecule has 0 fully saturated rings. The van der Waals surface area contributed by atoms with Crippen molar-refractivity contribution in [2.24, 2.45) is 0 Å². The first-order chi connectivity index (χ1) is 11.0. The van der Waals surface area contributed by atoms with Gasteiger partial charge in [-0.1, -0.05) is 17.7 Å². The van der Waals surface area contributed by atoms with Crippen LogP contribution in [-0.2, 0) is 0 Å². The second kappa shape index (κ2) is 7.88. The molecule has 0 saturated heterocycles. The third-order valence-electron chi connectivity index (χ3n) is 3.57. The average molecular weight is 333 g/mol. The van der Waals surface area contributed by atoms with Crippen LogP contribution in [0.15, 0.2) is 36.4 Å². The van der Waals surface area contributed by atoms with Crippen molar-refractivity contribution in [3.8, 4) is 5.75 Å². The first kappa shape index (κ1) is 17.2. The predicted molar refractivity (Wildman–Crippen MR) is 94.6 cm³/mol. The minimum Gasteiger partial charge on any atom is -0.492 e. The number of aryl methyl sites for hydroxylation is 3. The summed E-state index contributed by atoms with van der Waals surface area (Å²) < 4.78 is 5.62. The van der Waals surface area contributed by atoms with Crippen LogP contribution in [0, 0.1) is 20.8 Å². The smallest absolute Gasteiger partial charge is 0.319 e. The molecule has 23 heavy (non-hydrogen) atoms. The van der Waals surface area contributed by atoms with Gasteiger partial charge in [0.05, 0.1) is 6.54 Å². The molecule has 0 bridgehead atoms. The van der Waals surface area contributed by atoms with Gasteiger partial charge >= 0.3 is 6.03 Å². The van der Waals surface area contributed by atoms with Gasteiger partial charge in [-0.25, -0.2) is 4.79 Å². The highest BCUT2D eigenvalue weighted by Gasteiger charge is 2.04. The van der Waals surface area contributed by atoms with Crippen molar-refractivity contribution in [2.45, 2.75) is 20.8 Å². The van der Waals surface area contributed by atoms with E-state index in [9.17, 15) is 4.79 Å². The summed E-state index contributed by atoms with van der Waals surface area (Å²) in [6, 6.07) is 11.0. The largest absolute Gasteiger partial charge is 0.492 e. The molecule has 0 unspecified atom stereocenters.